The van der Waals surface area contributed by atoms with Crippen LogP contribution in [0.15, 0.2) is 24.8 Å². The van der Waals surface area contributed by atoms with Gasteiger partial charge in [-0.15, -0.1) is 0 Å². The number of rotatable bonds is 10. The summed E-state index contributed by atoms with van der Waals surface area (Å²) < 4.78 is 26.6. The average Bonchev–Trinajstić information content (AvgIpc) is 2.26. The fourth-order valence-electron chi connectivity index (χ4n) is 1.61. The van der Waals surface area contributed by atoms with Crippen LogP contribution in [0.25, 0.3) is 0 Å². The van der Waals surface area contributed by atoms with E-state index in [0.717, 1.165) is 18.9 Å². The van der Waals surface area contributed by atoms with Gasteiger partial charge in [0.25, 0.3) is 5.92 Å². The molecule has 0 fully saturated rings. The van der Waals surface area contributed by atoms with Gasteiger partial charge in [-0.25, -0.2) is 8.78 Å². The predicted molar refractivity (Wildman–Crippen MR) is 66.9 cm³/mol. The summed E-state index contributed by atoms with van der Waals surface area (Å²) in [7, 11) is 0. The molecule has 0 nitrogen and oxygen atoms in total. The first-order valence-electron chi connectivity index (χ1n) is 6.24. The Balaban J connectivity index is 3.50. The van der Waals surface area contributed by atoms with Gasteiger partial charge in [0, 0.05) is 12.0 Å². The molecule has 0 aliphatic carbocycles. The predicted octanol–water partition coefficient (Wildman–Crippen LogP) is 5.50. The van der Waals surface area contributed by atoms with Crippen molar-refractivity contribution in [2.45, 2.75) is 64.2 Å². The van der Waals surface area contributed by atoms with Gasteiger partial charge in [0.05, 0.1) is 0 Å². The van der Waals surface area contributed by atoms with E-state index >= 15 is 0 Å². The van der Waals surface area contributed by atoms with Crippen LogP contribution in [0.3, 0.4) is 0 Å². The van der Waals surface area contributed by atoms with Crippen molar-refractivity contribution in [2.24, 2.45) is 0 Å². The van der Waals surface area contributed by atoms with Crippen molar-refractivity contribution in [3.63, 3.8) is 0 Å². The van der Waals surface area contributed by atoms with Gasteiger partial charge >= 0.3 is 0 Å². The molecule has 0 aromatic rings. The summed E-state index contributed by atoms with van der Waals surface area (Å²) in [6.07, 6.45) is 8.47. The van der Waals surface area contributed by atoms with E-state index in [1.165, 1.54) is 25.7 Å². The molecule has 94 valence electrons. The summed E-state index contributed by atoms with van der Waals surface area (Å²) >= 11 is 0. The molecular formula is C14H24F2. The second-order valence-electron chi connectivity index (χ2n) is 4.31. The molecule has 0 unspecified atom stereocenters. The van der Waals surface area contributed by atoms with Crippen LogP contribution in [0.5, 0.6) is 0 Å². The highest BCUT2D eigenvalue weighted by Gasteiger charge is 2.29. The molecule has 0 saturated carbocycles. The summed E-state index contributed by atoms with van der Waals surface area (Å²) in [5.41, 5.74) is -0.154. The van der Waals surface area contributed by atoms with E-state index in [2.05, 4.69) is 20.1 Å². The molecule has 2 heteroatoms. The van der Waals surface area contributed by atoms with E-state index in [9.17, 15) is 8.78 Å². The van der Waals surface area contributed by atoms with Gasteiger partial charge in [-0.3, -0.25) is 0 Å². The fourth-order valence-corrected chi connectivity index (χ4v) is 1.61. The summed E-state index contributed by atoms with van der Waals surface area (Å²) in [6, 6.07) is 0. The van der Waals surface area contributed by atoms with Crippen molar-refractivity contribution in [3.8, 4) is 0 Å². The molecule has 0 heterocycles. The Kier molecular flexibility index (Phi) is 8.14. The minimum atomic E-state index is -2.76. The van der Waals surface area contributed by atoms with Gasteiger partial charge in [0.2, 0.25) is 0 Å². The molecule has 0 atom stereocenters. The van der Waals surface area contributed by atoms with Gasteiger partial charge < -0.3 is 0 Å². The van der Waals surface area contributed by atoms with Crippen molar-refractivity contribution in [2.75, 3.05) is 0 Å². The van der Waals surface area contributed by atoms with Crippen molar-refractivity contribution in [1.29, 1.82) is 0 Å². The molecule has 0 saturated heterocycles. The van der Waals surface area contributed by atoms with E-state index < -0.39 is 5.92 Å². The average molecular weight is 230 g/mol. The van der Waals surface area contributed by atoms with E-state index in [1.807, 2.05) is 0 Å². The molecule has 0 aliphatic heterocycles. The minimum Gasteiger partial charge on any atom is -0.201 e. The van der Waals surface area contributed by atoms with Crippen molar-refractivity contribution < 1.29 is 8.78 Å². The third-order valence-corrected chi connectivity index (χ3v) is 2.81. The molecule has 0 aliphatic rings. The highest BCUT2D eigenvalue weighted by molar-refractivity contribution is 5.19. The summed E-state index contributed by atoms with van der Waals surface area (Å²) in [6.45, 7) is 8.81. The molecule has 0 amide bonds. The minimum absolute atomic E-state index is 0.0916. The lowest BCUT2D eigenvalue weighted by atomic mass is 10.0. The van der Waals surface area contributed by atoms with E-state index in [0.29, 0.717) is 6.42 Å². The second-order valence-corrected chi connectivity index (χ2v) is 4.31. The molecule has 0 bridgehead atoms. The van der Waals surface area contributed by atoms with Gasteiger partial charge in [0.15, 0.2) is 0 Å². The first-order valence-corrected chi connectivity index (χ1v) is 6.24. The first-order chi connectivity index (χ1) is 7.54. The molecule has 0 radical (unpaired) electrons. The topological polar surface area (TPSA) is 0 Å². The van der Waals surface area contributed by atoms with E-state index in [4.69, 9.17) is 0 Å². The Labute approximate surface area is 98.4 Å². The molecule has 0 N–H and O–H groups in total. The van der Waals surface area contributed by atoms with Crippen LogP contribution in [-0.2, 0) is 0 Å². The molecule has 0 rings (SSSR count). The van der Waals surface area contributed by atoms with Crippen LogP contribution in [0.4, 0.5) is 8.78 Å². The quantitative estimate of drug-likeness (QED) is 0.343. The Morgan fingerprint density at radius 1 is 1.06 bits per heavy atom. The van der Waals surface area contributed by atoms with E-state index in [1.54, 1.807) is 0 Å². The SMILES string of the molecule is C=CC(=C)C(F)(F)CCCCCCCCC. The van der Waals surface area contributed by atoms with Crippen LogP contribution < -0.4 is 0 Å². The largest absolute Gasteiger partial charge is 0.272 e. The van der Waals surface area contributed by atoms with Crippen molar-refractivity contribution in [1.82, 2.24) is 0 Å². The van der Waals surface area contributed by atoms with Crippen LogP contribution >= 0.6 is 0 Å². The lowest BCUT2D eigenvalue weighted by Gasteiger charge is -2.16. The van der Waals surface area contributed by atoms with Gasteiger partial charge in [-0.05, 0) is 6.42 Å². The number of hydrogen-bond donors (Lipinski definition) is 0. The van der Waals surface area contributed by atoms with Crippen LogP contribution in [0.1, 0.15) is 58.3 Å². The maximum absolute atomic E-state index is 13.3. The summed E-state index contributed by atoms with van der Waals surface area (Å²) in [5, 5.41) is 0. The zero-order valence-electron chi connectivity index (χ0n) is 10.4. The number of allylic oxidation sites excluding steroid dienone is 2. The number of halogens is 2. The highest BCUT2D eigenvalue weighted by Crippen LogP contribution is 2.29. The molecule has 16 heavy (non-hydrogen) atoms. The highest BCUT2D eigenvalue weighted by atomic mass is 19.3. The van der Waals surface area contributed by atoms with Crippen molar-refractivity contribution >= 4 is 0 Å². The standard InChI is InChI=1S/C14H24F2/c1-4-6-7-8-9-10-11-12-14(15,16)13(3)5-2/h5H,2-4,6-12H2,1H3. The first kappa shape index (κ1) is 15.3. The number of alkyl halides is 2. The lowest BCUT2D eigenvalue weighted by molar-refractivity contribution is 0.0338. The lowest BCUT2D eigenvalue weighted by Crippen LogP contribution is -2.17. The van der Waals surface area contributed by atoms with Gasteiger partial charge in [-0.2, -0.15) is 0 Å². The Morgan fingerprint density at radius 3 is 2.06 bits per heavy atom. The Bertz CT molecular complexity index is 207. The van der Waals surface area contributed by atoms with Crippen LogP contribution in [0.2, 0.25) is 0 Å². The zero-order chi connectivity index (χ0) is 12.4. The van der Waals surface area contributed by atoms with E-state index in [-0.39, 0.29) is 12.0 Å². The van der Waals surface area contributed by atoms with Gasteiger partial charge in [-0.1, -0.05) is 64.7 Å². The zero-order valence-corrected chi connectivity index (χ0v) is 10.4. The Morgan fingerprint density at radius 2 is 1.56 bits per heavy atom. The molecule has 0 aromatic carbocycles. The molecule has 0 spiro atoms. The normalized spacial score (nSPS) is 11.4. The summed E-state index contributed by atoms with van der Waals surface area (Å²) in [4.78, 5) is 0. The fraction of sp³-hybridized carbons (Fsp3) is 0.714. The summed E-state index contributed by atoms with van der Waals surface area (Å²) in [5.74, 6) is -2.76. The molecular weight excluding hydrogens is 206 g/mol. The maximum Gasteiger partial charge on any atom is 0.272 e. The number of hydrogen-bond acceptors (Lipinski definition) is 0. The number of unbranched alkanes of at least 4 members (excludes halogenated alkanes) is 6. The Hall–Kier alpha value is -0.660. The monoisotopic (exact) mass is 230 g/mol. The second kappa shape index (κ2) is 8.49. The van der Waals surface area contributed by atoms with Crippen LogP contribution in [-0.4, -0.2) is 5.92 Å². The van der Waals surface area contributed by atoms with Crippen LogP contribution in [0, 0.1) is 0 Å². The smallest absolute Gasteiger partial charge is 0.201 e. The molecule has 0 aromatic heterocycles. The van der Waals surface area contributed by atoms with Crippen molar-refractivity contribution in [3.05, 3.63) is 24.8 Å². The third-order valence-electron chi connectivity index (χ3n) is 2.81. The van der Waals surface area contributed by atoms with Gasteiger partial charge in [0.1, 0.15) is 0 Å². The maximum atomic E-state index is 13.3. The third kappa shape index (κ3) is 6.76.